The van der Waals surface area contributed by atoms with Crippen LogP contribution in [-0.2, 0) is 16.6 Å². The molecule has 0 saturated carbocycles. The summed E-state index contributed by atoms with van der Waals surface area (Å²) >= 11 is 6.98. The predicted molar refractivity (Wildman–Crippen MR) is 140 cm³/mol. The summed E-state index contributed by atoms with van der Waals surface area (Å²) in [6.07, 6.45) is -0.108. The van der Waals surface area contributed by atoms with Gasteiger partial charge in [0.05, 0.1) is 27.9 Å². The molecule has 5 nitrogen and oxygen atoms in total. The Morgan fingerprint density at radius 2 is 1.53 bits per heavy atom. The molecule has 0 spiro atoms. The van der Waals surface area contributed by atoms with Crippen LogP contribution < -0.4 is 9.47 Å². The molecule has 0 aliphatic carbocycles. The van der Waals surface area contributed by atoms with Crippen molar-refractivity contribution in [2.75, 3.05) is 7.11 Å². The number of ether oxygens (including phenoxy) is 2. The lowest BCUT2D eigenvalue weighted by molar-refractivity contribution is -0.136. The molecule has 0 aromatic heterocycles. The molecule has 1 N–H and O–H groups in total. The summed E-state index contributed by atoms with van der Waals surface area (Å²) in [5, 5.41) is 9.10. The van der Waals surface area contributed by atoms with E-state index in [9.17, 15) is 9.59 Å². The largest absolute Gasteiger partial charge is 0.497 e. The summed E-state index contributed by atoms with van der Waals surface area (Å²) in [6, 6.07) is 14.6. The Hall–Kier alpha value is -2.64. The highest BCUT2D eigenvalue weighted by Crippen LogP contribution is 2.43. The van der Waals surface area contributed by atoms with Gasteiger partial charge in [0.25, 0.3) is 0 Å². The van der Waals surface area contributed by atoms with E-state index in [0.29, 0.717) is 42.9 Å². The van der Waals surface area contributed by atoms with Gasteiger partial charge in [-0.15, -0.1) is 0 Å². The van der Waals surface area contributed by atoms with Crippen LogP contribution in [0.3, 0.4) is 0 Å². The summed E-state index contributed by atoms with van der Waals surface area (Å²) in [7, 11) is 1.58. The van der Waals surface area contributed by atoms with Crippen molar-refractivity contribution in [2.24, 2.45) is 0 Å². The highest BCUT2D eigenvalue weighted by molar-refractivity contribution is 9.11. The summed E-state index contributed by atoms with van der Waals surface area (Å²) in [4.78, 5) is 24.8. The minimum absolute atomic E-state index is 0.0349. The SMILES string of the molecule is COc1ccc(Oc2c(Br)cc(CC(=O)O)cc2Br)c(C(C)(C)C(=O)c2cc(C)cc(C)c2)c1. The standard InChI is InChI=1S/C27H26Br2O5/c1-15-8-16(2)10-18(9-15)26(32)27(3,4)20-14-19(33-5)6-7-23(20)34-25-21(28)11-17(12-22(25)29)13-24(30)31/h6-12,14H,13H2,1-5H3,(H,30,31). The van der Waals surface area contributed by atoms with Gasteiger partial charge in [0.15, 0.2) is 11.5 Å². The fourth-order valence-electron chi connectivity index (χ4n) is 3.90. The van der Waals surface area contributed by atoms with Crippen molar-refractivity contribution in [3.8, 4) is 17.2 Å². The van der Waals surface area contributed by atoms with E-state index in [1.165, 1.54) is 0 Å². The summed E-state index contributed by atoms with van der Waals surface area (Å²) in [6.45, 7) is 7.68. The average molecular weight is 590 g/mol. The maximum atomic E-state index is 13.7. The number of ketones is 1. The summed E-state index contributed by atoms with van der Waals surface area (Å²) in [5.41, 5.74) is 3.05. The highest BCUT2D eigenvalue weighted by atomic mass is 79.9. The minimum Gasteiger partial charge on any atom is -0.497 e. The fraction of sp³-hybridized carbons (Fsp3) is 0.259. The van der Waals surface area contributed by atoms with Gasteiger partial charge >= 0.3 is 5.97 Å². The van der Waals surface area contributed by atoms with Gasteiger partial charge in [0.1, 0.15) is 11.5 Å². The van der Waals surface area contributed by atoms with Crippen LogP contribution in [0.4, 0.5) is 0 Å². The van der Waals surface area contributed by atoms with Crippen LogP contribution in [0.5, 0.6) is 17.2 Å². The number of methoxy groups -OCH3 is 1. The number of carboxylic acids is 1. The second-order valence-electron chi connectivity index (χ2n) is 8.75. The van der Waals surface area contributed by atoms with Crippen LogP contribution in [0.2, 0.25) is 0 Å². The molecule has 0 fully saturated rings. The zero-order valence-corrected chi connectivity index (χ0v) is 22.8. The van der Waals surface area contributed by atoms with Crippen molar-refractivity contribution in [1.29, 1.82) is 0 Å². The number of Topliss-reactive ketones (excluding diaryl/α,β-unsaturated/α-hetero) is 1. The van der Waals surface area contributed by atoms with Gasteiger partial charge in [0, 0.05) is 11.1 Å². The maximum Gasteiger partial charge on any atom is 0.307 e. The molecule has 0 bridgehead atoms. The molecule has 3 aromatic rings. The highest BCUT2D eigenvalue weighted by Gasteiger charge is 2.34. The first-order valence-corrected chi connectivity index (χ1v) is 12.2. The van der Waals surface area contributed by atoms with Gasteiger partial charge in [-0.05, 0) is 108 Å². The van der Waals surface area contributed by atoms with Gasteiger partial charge in [-0.2, -0.15) is 0 Å². The molecule has 34 heavy (non-hydrogen) atoms. The number of carbonyl (C=O) groups excluding carboxylic acids is 1. The molecule has 0 aliphatic heterocycles. The zero-order chi connectivity index (χ0) is 25.2. The molecule has 0 heterocycles. The third-order valence-electron chi connectivity index (χ3n) is 5.54. The zero-order valence-electron chi connectivity index (χ0n) is 19.7. The first kappa shape index (κ1) is 26.0. The van der Waals surface area contributed by atoms with E-state index in [0.717, 1.165) is 11.1 Å². The molecular weight excluding hydrogens is 564 g/mol. The van der Waals surface area contributed by atoms with Gasteiger partial charge in [-0.1, -0.05) is 17.2 Å². The number of hydrogen-bond donors (Lipinski definition) is 1. The van der Waals surface area contributed by atoms with E-state index in [2.05, 4.69) is 31.9 Å². The Balaban J connectivity index is 2.08. The van der Waals surface area contributed by atoms with E-state index in [1.807, 2.05) is 52.0 Å². The maximum absolute atomic E-state index is 13.7. The van der Waals surface area contributed by atoms with Crippen LogP contribution in [0.15, 0.2) is 57.5 Å². The monoisotopic (exact) mass is 588 g/mol. The number of carboxylic acid groups (broad SMARTS) is 1. The van der Waals surface area contributed by atoms with Crippen molar-refractivity contribution in [3.63, 3.8) is 0 Å². The normalized spacial score (nSPS) is 11.3. The van der Waals surface area contributed by atoms with Crippen LogP contribution in [0.25, 0.3) is 0 Å². The number of carbonyl (C=O) groups is 2. The van der Waals surface area contributed by atoms with Gasteiger partial charge in [-0.3, -0.25) is 9.59 Å². The second kappa shape index (κ2) is 10.3. The van der Waals surface area contributed by atoms with Crippen molar-refractivity contribution in [1.82, 2.24) is 0 Å². The van der Waals surface area contributed by atoms with E-state index in [1.54, 1.807) is 31.4 Å². The Morgan fingerprint density at radius 3 is 2.06 bits per heavy atom. The van der Waals surface area contributed by atoms with E-state index < -0.39 is 11.4 Å². The van der Waals surface area contributed by atoms with Crippen molar-refractivity contribution >= 4 is 43.6 Å². The molecule has 0 atom stereocenters. The number of benzene rings is 3. The molecule has 178 valence electrons. The first-order valence-electron chi connectivity index (χ1n) is 10.6. The molecule has 0 radical (unpaired) electrons. The Bertz CT molecular complexity index is 1220. The molecule has 0 aliphatic rings. The van der Waals surface area contributed by atoms with E-state index >= 15 is 0 Å². The molecule has 0 amide bonds. The van der Waals surface area contributed by atoms with Crippen molar-refractivity contribution in [3.05, 3.63) is 85.3 Å². The second-order valence-corrected chi connectivity index (χ2v) is 10.5. The summed E-state index contributed by atoms with van der Waals surface area (Å²) in [5.74, 6) is 0.633. The third kappa shape index (κ3) is 5.70. The fourth-order valence-corrected chi connectivity index (χ4v) is 5.34. The number of aliphatic carboxylic acids is 1. The van der Waals surface area contributed by atoms with Gasteiger partial charge in [0.2, 0.25) is 0 Å². The van der Waals surface area contributed by atoms with Crippen molar-refractivity contribution in [2.45, 2.75) is 39.5 Å². The van der Waals surface area contributed by atoms with Gasteiger partial charge < -0.3 is 14.6 Å². The first-order chi connectivity index (χ1) is 15.9. The van der Waals surface area contributed by atoms with Crippen LogP contribution >= 0.6 is 31.9 Å². The number of hydrogen-bond acceptors (Lipinski definition) is 4. The summed E-state index contributed by atoms with van der Waals surface area (Å²) < 4.78 is 12.9. The molecular formula is C27H26Br2O5. The molecule has 0 saturated heterocycles. The molecule has 3 aromatic carbocycles. The van der Waals surface area contributed by atoms with Crippen LogP contribution in [0.1, 0.15) is 46.5 Å². The predicted octanol–water partition coefficient (Wildman–Crippen LogP) is 7.42. The van der Waals surface area contributed by atoms with Crippen molar-refractivity contribution < 1.29 is 24.2 Å². The lowest BCUT2D eigenvalue weighted by Gasteiger charge is -2.27. The smallest absolute Gasteiger partial charge is 0.307 e. The Morgan fingerprint density at radius 1 is 0.941 bits per heavy atom. The van der Waals surface area contributed by atoms with Crippen LogP contribution in [0, 0.1) is 13.8 Å². The molecule has 3 rings (SSSR count). The molecule has 7 heteroatoms. The van der Waals surface area contributed by atoms with E-state index in [4.69, 9.17) is 14.6 Å². The van der Waals surface area contributed by atoms with E-state index in [-0.39, 0.29) is 12.2 Å². The Labute approximate surface area is 216 Å². The average Bonchev–Trinajstić information content (AvgIpc) is 2.74. The number of rotatable bonds is 8. The third-order valence-corrected chi connectivity index (χ3v) is 6.72. The topological polar surface area (TPSA) is 72.8 Å². The number of halogens is 2. The minimum atomic E-state index is -0.924. The van der Waals surface area contributed by atoms with Crippen LogP contribution in [-0.4, -0.2) is 24.0 Å². The van der Waals surface area contributed by atoms with Gasteiger partial charge in [-0.25, -0.2) is 0 Å². The lowest BCUT2D eigenvalue weighted by Crippen LogP contribution is -2.30. The lowest BCUT2D eigenvalue weighted by atomic mass is 9.77. The molecule has 0 unspecified atom stereocenters. The Kier molecular flexibility index (Phi) is 7.88. The quantitative estimate of drug-likeness (QED) is 0.277. The number of aryl methyl sites for hydroxylation is 2.